The van der Waals surface area contributed by atoms with Crippen molar-refractivity contribution in [1.29, 1.82) is 0 Å². The highest BCUT2D eigenvalue weighted by Gasteiger charge is 2.23. The Balaban J connectivity index is 2.33. The van der Waals surface area contributed by atoms with Crippen LogP contribution in [0.15, 0.2) is 0 Å². The van der Waals surface area contributed by atoms with Gasteiger partial charge in [-0.05, 0) is 46.5 Å². The maximum absolute atomic E-state index is 5.48. The molecule has 0 aromatic rings. The van der Waals surface area contributed by atoms with Crippen LogP contribution in [0.3, 0.4) is 0 Å². The second kappa shape index (κ2) is 4.43. The van der Waals surface area contributed by atoms with Crippen LogP contribution >= 0.6 is 0 Å². The molecule has 0 aromatic heterocycles. The molecule has 1 N–H and O–H groups in total. The van der Waals surface area contributed by atoms with Crippen molar-refractivity contribution in [2.45, 2.75) is 52.1 Å². The lowest BCUT2D eigenvalue weighted by molar-refractivity contribution is 0.0382. The van der Waals surface area contributed by atoms with E-state index >= 15 is 0 Å². The number of hydrogen-bond donors (Lipinski definition) is 1. The summed E-state index contributed by atoms with van der Waals surface area (Å²) in [4.78, 5) is 0. The fraction of sp³-hybridized carbons (Fsp3) is 1.00. The standard InChI is InChI=1S/C11H23NO/c1-9(12-11(2,3)4)10-6-5-7-13-8-10/h9-10,12H,5-8H2,1-4H3. The summed E-state index contributed by atoms with van der Waals surface area (Å²) in [5.74, 6) is 0.702. The van der Waals surface area contributed by atoms with E-state index in [9.17, 15) is 0 Å². The lowest BCUT2D eigenvalue weighted by Gasteiger charge is -2.33. The van der Waals surface area contributed by atoms with Crippen LogP contribution in [0.25, 0.3) is 0 Å². The van der Waals surface area contributed by atoms with Crippen molar-refractivity contribution < 1.29 is 4.74 Å². The number of rotatable bonds is 2. The van der Waals surface area contributed by atoms with Gasteiger partial charge in [0.1, 0.15) is 0 Å². The first kappa shape index (κ1) is 11.0. The molecule has 2 nitrogen and oxygen atoms in total. The number of nitrogens with one attached hydrogen (secondary N) is 1. The Bertz CT molecular complexity index is 145. The van der Waals surface area contributed by atoms with Crippen molar-refractivity contribution in [2.75, 3.05) is 13.2 Å². The third-order valence-corrected chi connectivity index (χ3v) is 2.56. The van der Waals surface area contributed by atoms with E-state index in [1.54, 1.807) is 0 Å². The summed E-state index contributed by atoms with van der Waals surface area (Å²) >= 11 is 0. The van der Waals surface area contributed by atoms with Crippen LogP contribution in [-0.2, 0) is 4.74 Å². The zero-order valence-electron chi connectivity index (χ0n) is 9.39. The van der Waals surface area contributed by atoms with Gasteiger partial charge in [0.15, 0.2) is 0 Å². The maximum Gasteiger partial charge on any atom is 0.0509 e. The summed E-state index contributed by atoms with van der Waals surface area (Å²) in [6.07, 6.45) is 2.53. The molecule has 2 heteroatoms. The van der Waals surface area contributed by atoms with Crippen molar-refractivity contribution in [1.82, 2.24) is 5.32 Å². The topological polar surface area (TPSA) is 21.3 Å². The van der Waals surface area contributed by atoms with Crippen molar-refractivity contribution in [3.05, 3.63) is 0 Å². The van der Waals surface area contributed by atoms with Gasteiger partial charge in [-0.2, -0.15) is 0 Å². The van der Waals surface area contributed by atoms with Crippen LogP contribution in [0.1, 0.15) is 40.5 Å². The summed E-state index contributed by atoms with van der Waals surface area (Å²) in [7, 11) is 0. The molecule has 0 saturated carbocycles. The highest BCUT2D eigenvalue weighted by Crippen LogP contribution is 2.18. The molecule has 0 radical (unpaired) electrons. The van der Waals surface area contributed by atoms with Crippen LogP contribution in [0.2, 0.25) is 0 Å². The van der Waals surface area contributed by atoms with Crippen LogP contribution < -0.4 is 5.32 Å². The first-order valence-electron chi connectivity index (χ1n) is 5.34. The van der Waals surface area contributed by atoms with Crippen LogP contribution in [0.5, 0.6) is 0 Å². The highest BCUT2D eigenvalue weighted by atomic mass is 16.5. The average molecular weight is 185 g/mol. The van der Waals surface area contributed by atoms with Crippen LogP contribution in [-0.4, -0.2) is 24.8 Å². The molecule has 0 bridgehead atoms. The largest absolute Gasteiger partial charge is 0.381 e. The zero-order chi connectivity index (χ0) is 9.90. The Morgan fingerprint density at radius 1 is 1.38 bits per heavy atom. The van der Waals surface area contributed by atoms with Gasteiger partial charge in [0.25, 0.3) is 0 Å². The number of hydrogen-bond acceptors (Lipinski definition) is 2. The zero-order valence-corrected chi connectivity index (χ0v) is 9.39. The molecule has 2 atom stereocenters. The van der Waals surface area contributed by atoms with Gasteiger partial charge in [0.05, 0.1) is 6.61 Å². The average Bonchev–Trinajstić information content (AvgIpc) is 2.03. The van der Waals surface area contributed by atoms with E-state index in [4.69, 9.17) is 4.74 Å². The molecule has 1 heterocycles. The van der Waals surface area contributed by atoms with Crippen molar-refractivity contribution in [2.24, 2.45) is 5.92 Å². The van der Waals surface area contributed by atoms with E-state index in [0.29, 0.717) is 12.0 Å². The summed E-state index contributed by atoms with van der Waals surface area (Å²) < 4.78 is 5.48. The SMILES string of the molecule is CC(NC(C)(C)C)C1CCCOC1. The van der Waals surface area contributed by atoms with E-state index < -0.39 is 0 Å². The van der Waals surface area contributed by atoms with Gasteiger partial charge in [0.2, 0.25) is 0 Å². The molecule has 2 unspecified atom stereocenters. The second-order valence-corrected chi connectivity index (χ2v) is 5.16. The Hall–Kier alpha value is -0.0800. The normalized spacial score (nSPS) is 27.2. The van der Waals surface area contributed by atoms with Gasteiger partial charge >= 0.3 is 0 Å². The molecule has 1 aliphatic heterocycles. The minimum atomic E-state index is 0.219. The summed E-state index contributed by atoms with van der Waals surface area (Å²) in [6, 6.07) is 0.570. The molecular weight excluding hydrogens is 162 g/mol. The van der Waals surface area contributed by atoms with E-state index in [0.717, 1.165) is 13.2 Å². The molecule has 1 aliphatic rings. The highest BCUT2D eigenvalue weighted by molar-refractivity contribution is 4.81. The van der Waals surface area contributed by atoms with E-state index in [2.05, 4.69) is 33.0 Å². The molecule has 13 heavy (non-hydrogen) atoms. The molecule has 1 saturated heterocycles. The second-order valence-electron chi connectivity index (χ2n) is 5.16. The van der Waals surface area contributed by atoms with Crippen molar-refractivity contribution in [3.8, 4) is 0 Å². The van der Waals surface area contributed by atoms with Gasteiger partial charge in [0, 0.05) is 18.2 Å². The van der Waals surface area contributed by atoms with Crippen molar-refractivity contribution in [3.63, 3.8) is 0 Å². The first-order valence-corrected chi connectivity index (χ1v) is 5.34. The summed E-state index contributed by atoms with van der Waals surface area (Å²) in [6.45, 7) is 10.8. The quantitative estimate of drug-likeness (QED) is 0.712. The molecular formula is C11H23NO. The van der Waals surface area contributed by atoms with Crippen LogP contribution in [0.4, 0.5) is 0 Å². The third-order valence-electron chi connectivity index (χ3n) is 2.56. The number of ether oxygens (including phenoxy) is 1. The van der Waals surface area contributed by atoms with E-state index in [-0.39, 0.29) is 5.54 Å². The van der Waals surface area contributed by atoms with Gasteiger partial charge < -0.3 is 10.1 Å². The monoisotopic (exact) mass is 185 g/mol. The third kappa shape index (κ3) is 4.10. The smallest absolute Gasteiger partial charge is 0.0509 e. The van der Waals surface area contributed by atoms with Gasteiger partial charge in [-0.15, -0.1) is 0 Å². The lowest BCUT2D eigenvalue weighted by Crippen LogP contribution is -2.47. The molecule has 0 aliphatic carbocycles. The Morgan fingerprint density at radius 2 is 2.08 bits per heavy atom. The first-order chi connectivity index (χ1) is 5.99. The predicted molar refractivity (Wildman–Crippen MR) is 55.9 cm³/mol. The van der Waals surface area contributed by atoms with Gasteiger partial charge in [-0.3, -0.25) is 0 Å². The molecule has 0 aromatic carbocycles. The molecule has 1 rings (SSSR count). The Labute approximate surface area is 82.0 Å². The van der Waals surface area contributed by atoms with Crippen LogP contribution in [0, 0.1) is 5.92 Å². The van der Waals surface area contributed by atoms with E-state index in [1.807, 2.05) is 0 Å². The minimum absolute atomic E-state index is 0.219. The van der Waals surface area contributed by atoms with Gasteiger partial charge in [-0.25, -0.2) is 0 Å². The van der Waals surface area contributed by atoms with E-state index in [1.165, 1.54) is 12.8 Å². The molecule has 0 spiro atoms. The summed E-state index contributed by atoms with van der Waals surface area (Å²) in [5.41, 5.74) is 0.219. The fourth-order valence-corrected chi connectivity index (χ4v) is 1.96. The maximum atomic E-state index is 5.48. The summed E-state index contributed by atoms with van der Waals surface area (Å²) in [5, 5.41) is 3.61. The Morgan fingerprint density at radius 3 is 2.54 bits per heavy atom. The van der Waals surface area contributed by atoms with Gasteiger partial charge in [-0.1, -0.05) is 0 Å². The lowest BCUT2D eigenvalue weighted by atomic mass is 9.93. The van der Waals surface area contributed by atoms with Crippen molar-refractivity contribution >= 4 is 0 Å². The predicted octanol–water partition coefficient (Wildman–Crippen LogP) is 2.19. The molecule has 1 fully saturated rings. The fourth-order valence-electron chi connectivity index (χ4n) is 1.96. The Kier molecular flexibility index (Phi) is 3.74. The minimum Gasteiger partial charge on any atom is -0.381 e. The molecule has 0 amide bonds. The molecule has 78 valence electrons.